The predicted molar refractivity (Wildman–Crippen MR) is 53.8 cm³/mol. The number of rotatable bonds is 2. The molecule has 0 heterocycles. The number of hydrogen-bond donors (Lipinski definition) is 0. The lowest BCUT2D eigenvalue weighted by Crippen LogP contribution is -1.99. The van der Waals surface area contributed by atoms with Crippen molar-refractivity contribution in [1.29, 1.82) is 0 Å². The molecule has 0 atom stereocenters. The topological polar surface area (TPSA) is 17.1 Å². The van der Waals surface area contributed by atoms with Gasteiger partial charge in [-0.05, 0) is 13.8 Å². The lowest BCUT2D eigenvalue weighted by atomic mass is 10.0. The molecule has 0 aromatic heterocycles. The molecule has 66 valence electrons. The molecule has 0 N–H and O–H groups in total. The fourth-order valence-corrected chi connectivity index (χ4v) is 1.00. The van der Waals surface area contributed by atoms with Gasteiger partial charge in [0.15, 0.2) is 5.78 Å². The zero-order valence-electron chi connectivity index (χ0n) is 7.92. The molecule has 0 aliphatic heterocycles. The van der Waals surface area contributed by atoms with Crippen LogP contribution >= 0.6 is 0 Å². The average Bonchev–Trinajstić information content (AvgIpc) is 2.17. The number of carbonyl (C=O) groups excluding carboxylic acids is 1. The lowest BCUT2D eigenvalue weighted by molar-refractivity contribution is 0.103. The Morgan fingerprint density at radius 3 is 2.31 bits per heavy atom. The molecule has 0 radical (unpaired) electrons. The molecule has 1 rings (SSSR count). The first kappa shape index (κ1) is 9.50. The molecule has 0 saturated heterocycles. The largest absolute Gasteiger partial charge is 0.288 e. The van der Waals surface area contributed by atoms with E-state index in [2.05, 4.69) is 12.3 Å². The maximum atomic E-state index is 11.5. The molecule has 0 amide bonds. The third-order valence-corrected chi connectivity index (χ3v) is 1.92. The fourth-order valence-electron chi connectivity index (χ4n) is 1.00. The Kier molecular flexibility index (Phi) is 2.84. The van der Waals surface area contributed by atoms with Gasteiger partial charge in [-0.3, -0.25) is 4.79 Å². The molecular weight excluding hydrogens is 160 g/mol. The SMILES string of the molecule is C=C=C(C)C(=O)c1ccc(C)cc1. The van der Waals surface area contributed by atoms with Gasteiger partial charge in [0.2, 0.25) is 0 Å². The van der Waals surface area contributed by atoms with Crippen molar-refractivity contribution in [2.24, 2.45) is 0 Å². The van der Waals surface area contributed by atoms with Gasteiger partial charge >= 0.3 is 0 Å². The quantitative estimate of drug-likeness (QED) is 0.381. The van der Waals surface area contributed by atoms with Gasteiger partial charge in [-0.2, -0.15) is 0 Å². The normalized spacial score (nSPS) is 9.08. The molecule has 0 aliphatic carbocycles. The average molecular weight is 172 g/mol. The van der Waals surface area contributed by atoms with Crippen LogP contribution in [0.3, 0.4) is 0 Å². The van der Waals surface area contributed by atoms with Gasteiger partial charge in [0.1, 0.15) is 0 Å². The van der Waals surface area contributed by atoms with E-state index in [1.54, 1.807) is 6.92 Å². The number of Topliss-reactive ketones (excluding diaryl/α,β-unsaturated/α-hetero) is 1. The highest BCUT2D eigenvalue weighted by Gasteiger charge is 2.05. The van der Waals surface area contributed by atoms with E-state index in [9.17, 15) is 4.79 Å². The summed E-state index contributed by atoms with van der Waals surface area (Å²) in [5.74, 6) is -0.00463. The Bertz CT molecular complexity index is 365. The summed E-state index contributed by atoms with van der Waals surface area (Å²) in [4.78, 5) is 11.5. The second-order valence-corrected chi connectivity index (χ2v) is 3.00. The first-order chi connectivity index (χ1) is 6.15. The number of carbonyl (C=O) groups is 1. The molecule has 0 spiro atoms. The number of allylic oxidation sites excluding steroid dienone is 1. The van der Waals surface area contributed by atoms with Crippen molar-refractivity contribution in [3.8, 4) is 0 Å². The second-order valence-electron chi connectivity index (χ2n) is 3.00. The maximum Gasteiger partial charge on any atom is 0.196 e. The molecule has 1 nitrogen and oxygen atoms in total. The van der Waals surface area contributed by atoms with Crippen LogP contribution in [0.5, 0.6) is 0 Å². The van der Waals surface area contributed by atoms with Crippen LogP contribution < -0.4 is 0 Å². The Labute approximate surface area is 78.4 Å². The molecule has 1 aromatic rings. The van der Waals surface area contributed by atoms with Gasteiger partial charge in [0, 0.05) is 11.1 Å². The van der Waals surface area contributed by atoms with Crippen LogP contribution in [-0.4, -0.2) is 5.78 Å². The molecule has 13 heavy (non-hydrogen) atoms. The number of hydrogen-bond acceptors (Lipinski definition) is 1. The highest BCUT2D eigenvalue weighted by Crippen LogP contribution is 2.08. The lowest BCUT2D eigenvalue weighted by Gasteiger charge is -1.98. The monoisotopic (exact) mass is 172 g/mol. The summed E-state index contributed by atoms with van der Waals surface area (Å²) in [7, 11) is 0. The molecule has 0 fully saturated rings. The molecule has 0 saturated carbocycles. The van der Waals surface area contributed by atoms with Gasteiger partial charge in [0.25, 0.3) is 0 Å². The second kappa shape index (κ2) is 3.88. The summed E-state index contributed by atoms with van der Waals surface area (Å²) in [6, 6.07) is 7.48. The summed E-state index contributed by atoms with van der Waals surface area (Å²) in [5.41, 5.74) is 5.00. The van der Waals surface area contributed by atoms with Crippen LogP contribution in [0.2, 0.25) is 0 Å². The van der Waals surface area contributed by atoms with E-state index in [-0.39, 0.29) is 5.78 Å². The van der Waals surface area contributed by atoms with Crippen LogP contribution in [0.15, 0.2) is 42.1 Å². The maximum absolute atomic E-state index is 11.5. The van der Waals surface area contributed by atoms with E-state index >= 15 is 0 Å². The molecular formula is C12H12O. The first-order valence-electron chi connectivity index (χ1n) is 4.13. The smallest absolute Gasteiger partial charge is 0.196 e. The number of aryl methyl sites for hydroxylation is 1. The van der Waals surface area contributed by atoms with E-state index < -0.39 is 0 Å². The Hall–Kier alpha value is -1.59. The van der Waals surface area contributed by atoms with Crippen molar-refractivity contribution in [3.63, 3.8) is 0 Å². The molecule has 0 bridgehead atoms. The van der Waals surface area contributed by atoms with E-state index in [4.69, 9.17) is 0 Å². The van der Waals surface area contributed by atoms with E-state index in [1.807, 2.05) is 31.2 Å². The van der Waals surface area contributed by atoms with Crippen molar-refractivity contribution in [3.05, 3.63) is 53.3 Å². The first-order valence-corrected chi connectivity index (χ1v) is 4.13. The summed E-state index contributed by atoms with van der Waals surface area (Å²) in [6.07, 6.45) is 0. The van der Waals surface area contributed by atoms with E-state index in [0.717, 1.165) is 5.56 Å². The molecule has 1 heteroatoms. The van der Waals surface area contributed by atoms with Crippen molar-refractivity contribution in [1.82, 2.24) is 0 Å². The summed E-state index contributed by atoms with van der Waals surface area (Å²) in [5, 5.41) is 0. The minimum atomic E-state index is -0.00463. The van der Waals surface area contributed by atoms with Crippen LogP contribution in [0, 0.1) is 6.92 Å². The third kappa shape index (κ3) is 2.17. The summed E-state index contributed by atoms with van der Waals surface area (Å²) in [6.45, 7) is 7.15. The third-order valence-electron chi connectivity index (χ3n) is 1.92. The number of ketones is 1. The Morgan fingerprint density at radius 2 is 1.85 bits per heavy atom. The van der Waals surface area contributed by atoms with Gasteiger partial charge < -0.3 is 0 Å². The van der Waals surface area contributed by atoms with Crippen molar-refractivity contribution in [2.45, 2.75) is 13.8 Å². The van der Waals surface area contributed by atoms with Gasteiger partial charge in [-0.1, -0.05) is 36.4 Å². The van der Waals surface area contributed by atoms with Gasteiger partial charge in [-0.15, -0.1) is 5.73 Å². The van der Waals surface area contributed by atoms with E-state index in [1.165, 1.54) is 0 Å². The molecule has 0 unspecified atom stereocenters. The van der Waals surface area contributed by atoms with Crippen molar-refractivity contribution >= 4 is 5.78 Å². The number of benzene rings is 1. The van der Waals surface area contributed by atoms with Gasteiger partial charge in [-0.25, -0.2) is 0 Å². The van der Waals surface area contributed by atoms with Crippen molar-refractivity contribution in [2.75, 3.05) is 0 Å². The standard InChI is InChI=1S/C12H12O/c1-4-10(3)12(13)11-7-5-9(2)6-8-11/h5-8H,1H2,2-3H3. The summed E-state index contributed by atoms with van der Waals surface area (Å²) < 4.78 is 0. The Morgan fingerprint density at radius 1 is 1.31 bits per heavy atom. The predicted octanol–water partition coefficient (Wildman–Crippen LogP) is 2.91. The zero-order valence-corrected chi connectivity index (χ0v) is 7.92. The van der Waals surface area contributed by atoms with E-state index in [0.29, 0.717) is 11.1 Å². The van der Waals surface area contributed by atoms with Gasteiger partial charge in [0.05, 0.1) is 0 Å². The van der Waals surface area contributed by atoms with Crippen LogP contribution in [0.1, 0.15) is 22.8 Å². The van der Waals surface area contributed by atoms with Crippen LogP contribution in [0.25, 0.3) is 0 Å². The highest BCUT2D eigenvalue weighted by molar-refractivity contribution is 6.08. The zero-order chi connectivity index (χ0) is 9.84. The Balaban J connectivity index is 3.03. The van der Waals surface area contributed by atoms with Crippen LogP contribution in [-0.2, 0) is 0 Å². The molecule has 1 aromatic carbocycles. The minimum absolute atomic E-state index is 0.00463. The summed E-state index contributed by atoms with van der Waals surface area (Å²) >= 11 is 0. The van der Waals surface area contributed by atoms with Crippen molar-refractivity contribution < 1.29 is 4.79 Å². The minimum Gasteiger partial charge on any atom is -0.288 e. The fraction of sp³-hybridized carbons (Fsp3) is 0.167. The molecule has 0 aliphatic rings. The van der Waals surface area contributed by atoms with Crippen LogP contribution in [0.4, 0.5) is 0 Å². The highest BCUT2D eigenvalue weighted by atomic mass is 16.1.